The lowest BCUT2D eigenvalue weighted by molar-refractivity contribution is -0.0672. The average molecular weight is 270 g/mol. The molecule has 106 valence electrons. The van der Waals surface area contributed by atoms with Crippen LogP contribution in [0.1, 0.15) is 37.3 Å². The Morgan fingerprint density at radius 3 is 2.90 bits per heavy atom. The third kappa shape index (κ3) is 2.34. The Labute approximate surface area is 120 Å². The number of β-amino-alcohol motifs (C(OH)–C–C–N with tert-alkyl or cyclic N) is 1. The van der Waals surface area contributed by atoms with E-state index in [4.69, 9.17) is 5.26 Å². The highest BCUT2D eigenvalue weighted by Gasteiger charge is 2.49. The van der Waals surface area contributed by atoms with Gasteiger partial charge < -0.3 is 5.11 Å². The molecule has 1 aromatic rings. The van der Waals surface area contributed by atoms with E-state index in [2.05, 4.69) is 24.0 Å². The molecule has 1 aliphatic heterocycles. The summed E-state index contributed by atoms with van der Waals surface area (Å²) in [7, 11) is 0. The van der Waals surface area contributed by atoms with Crippen LogP contribution in [0, 0.1) is 23.2 Å². The van der Waals surface area contributed by atoms with Crippen molar-refractivity contribution in [3.8, 4) is 6.07 Å². The third-order valence-electron chi connectivity index (χ3n) is 5.14. The molecule has 1 saturated heterocycles. The summed E-state index contributed by atoms with van der Waals surface area (Å²) >= 11 is 0. The van der Waals surface area contributed by atoms with Crippen LogP contribution in [-0.2, 0) is 6.54 Å². The van der Waals surface area contributed by atoms with Gasteiger partial charge in [-0.2, -0.15) is 5.26 Å². The van der Waals surface area contributed by atoms with Crippen molar-refractivity contribution < 1.29 is 5.11 Å². The molecule has 3 heteroatoms. The zero-order chi connectivity index (χ0) is 14.2. The fourth-order valence-electron chi connectivity index (χ4n) is 3.68. The minimum atomic E-state index is -0.495. The Morgan fingerprint density at radius 1 is 1.45 bits per heavy atom. The van der Waals surface area contributed by atoms with Gasteiger partial charge in [0, 0.05) is 19.6 Å². The summed E-state index contributed by atoms with van der Waals surface area (Å²) in [4.78, 5) is 2.33. The van der Waals surface area contributed by atoms with Crippen LogP contribution in [0.5, 0.6) is 0 Å². The van der Waals surface area contributed by atoms with Crippen LogP contribution in [0.3, 0.4) is 0 Å². The number of nitrogens with zero attached hydrogens (tertiary/aromatic N) is 2. The lowest BCUT2D eigenvalue weighted by atomic mass is 9.69. The van der Waals surface area contributed by atoms with Crippen LogP contribution in [0.25, 0.3) is 0 Å². The standard InChI is InChI=1S/C17H22N2O/c1-13-10-19(12-17(13,20)16-6-3-7-16)11-15-5-2-4-14(8-15)9-18/h2,4-5,8,13,16,20H,3,6-7,10-12H2,1H3/t13-,17+/m1/s1. The van der Waals surface area contributed by atoms with Crippen molar-refractivity contribution in [2.24, 2.45) is 11.8 Å². The number of hydrogen-bond donors (Lipinski definition) is 1. The Kier molecular flexibility index (Phi) is 3.54. The molecule has 3 rings (SSSR count). The minimum Gasteiger partial charge on any atom is -0.388 e. The van der Waals surface area contributed by atoms with Gasteiger partial charge >= 0.3 is 0 Å². The van der Waals surface area contributed by atoms with E-state index in [9.17, 15) is 5.11 Å². The summed E-state index contributed by atoms with van der Waals surface area (Å²) in [6, 6.07) is 9.97. The van der Waals surface area contributed by atoms with Crippen LogP contribution in [-0.4, -0.2) is 28.7 Å². The minimum absolute atomic E-state index is 0.340. The van der Waals surface area contributed by atoms with Crippen molar-refractivity contribution in [2.75, 3.05) is 13.1 Å². The first kappa shape index (κ1) is 13.6. The molecule has 0 spiro atoms. The van der Waals surface area contributed by atoms with Gasteiger partial charge in [-0.05, 0) is 42.4 Å². The maximum absolute atomic E-state index is 10.9. The monoisotopic (exact) mass is 270 g/mol. The molecule has 0 aromatic heterocycles. The first-order chi connectivity index (χ1) is 9.61. The van der Waals surface area contributed by atoms with E-state index in [-0.39, 0.29) is 0 Å². The Hall–Kier alpha value is -1.37. The highest BCUT2D eigenvalue weighted by molar-refractivity contribution is 5.32. The Bertz CT molecular complexity index is 532. The maximum atomic E-state index is 10.9. The van der Waals surface area contributed by atoms with E-state index in [1.807, 2.05) is 18.2 Å². The topological polar surface area (TPSA) is 47.3 Å². The molecule has 0 bridgehead atoms. The van der Waals surface area contributed by atoms with Crippen molar-refractivity contribution in [2.45, 2.75) is 38.3 Å². The molecule has 0 unspecified atom stereocenters. The highest BCUT2D eigenvalue weighted by Crippen LogP contribution is 2.44. The van der Waals surface area contributed by atoms with Crippen molar-refractivity contribution in [3.63, 3.8) is 0 Å². The van der Waals surface area contributed by atoms with Crippen molar-refractivity contribution >= 4 is 0 Å². The van der Waals surface area contributed by atoms with Gasteiger partial charge in [0.05, 0.1) is 17.2 Å². The first-order valence-corrected chi connectivity index (χ1v) is 7.55. The molecule has 2 aliphatic rings. The number of rotatable bonds is 3. The van der Waals surface area contributed by atoms with E-state index in [1.54, 1.807) is 0 Å². The van der Waals surface area contributed by atoms with Gasteiger partial charge in [0.2, 0.25) is 0 Å². The van der Waals surface area contributed by atoms with Gasteiger partial charge in [0.25, 0.3) is 0 Å². The lowest BCUT2D eigenvalue weighted by Crippen LogP contribution is -2.47. The SMILES string of the molecule is C[C@@H]1CN(Cc2cccc(C#N)c2)C[C@@]1(O)C1CCC1. The zero-order valence-corrected chi connectivity index (χ0v) is 12.0. The van der Waals surface area contributed by atoms with Crippen LogP contribution in [0.2, 0.25) is 0 Å². The third-order valence-corrected chi connectivity index (χ3v) is 5.14. The van der Waals surface area contributed by atoms with Crippen LogP contribution >= 0.6 is 0 Å². The highest BCUT2D eigenvalue weighted by atomic mass is 16.3. The fourth-order valence-corrected chi connectivity index (χ4v) is 3.68. The molecule has 3 nitrogen and oxygen atoms in total. The van der Waals surface area contributed by atoms with Gasteiger partial charge in [-0.15, -0.1) is 0 Å². The predicted molar refractivity (Wildman–Crippen MR) is 77.9 cm³/mol. The molecule has 1 saturated carbocycles. The molecule has 1 aromatic carbocycles. The predicted octanol–water partition coefficient (Wildman–Crippen LogP) is 2.54. The fraction of sp³-hybridized carbons (Fsp3) is 0.588. The molecule has 20 heavy (non-hydrogen) atoms. The second-order valence-corrected chi connectivity index (χ2v) is 6.50. The number of benzene rings is 1. The summed E-state index contributed by atoms with van der Waals surface area (Å²) in [5, 5.41) is 19.9. The van der Waals surface area contributed by atoms with Gasteiger partial charge in [0.15, 0.2) is 0 Å². The van der Waals surface area contributed by atoms with E-state index < -0.39 is 5.60 Å². The first-order valence-electron chi connectivity index (χ1n) is 7.55. The average Bonchev–Trinajstić information content (AvgIpc) is 2.62. The quantitative estimate of drug-likeness (QED) is 0.918. The molecule has 2 atom stereocenters. The van der Waals surface area contributed by atoms with Gasteiger partial charge in [-0.25, -0.2) is 0 Å². The zero-order valence-electron chi connectivity index (χ0n) is 12.0. The van der Waals surface area contributed by atoms with Gasteiger partial charge in [-0.3, -0.25) is 4.90 Å². The van der Waals surface area contributed by atoms with Crippen LogP contribution in [0.4, 0.5) is 0 Å². The summed E-state index contributed by atoms with van der Waals surface area (Å²) in [6.07, 6.45) is 3.63. The second-order valence-electron chi connectivity index (χ2n) is 6.50. The normalized spacial score (nSPS) is 30.9. The van der Waals surface area contributed by atoms with Gasteiger partial charge in [0.1, 0.15) is 0 Å². The smallest absolute Gasteiger partial charge is 0.0991 e. The van der Waals surface area contributed by atoms with E-state index in [0.29, 0.717) is 17.4 Å². The molecular weight excluding hydrogens is 248 g/mol. The number of likely N-dealkylation sites (tertiary alicyclic amines) is 1. The van der Waals surface area contributed by atoms with Crippen LogP contribution in [0.15, 0.2) is 24.3 Å². The van der Waals surface area contributed by atoms with E-state index in [1.165, 1.54) is 19.3 Å². The molecular formula is C17H22N2O. The number of nitriles is 1. The summed E-state index contributed by atoms with van der Waals surface area (Å²) in [6.45, 7) is 4.72. The molecule has 1 heterocycles. The summed E-state index contributed by atoms with van der Waals surface area (Å²) in [5.41, 5.74) is 1.38. The molecule has 1 aliphatic carbocycles. The number of aliphatic hydroxyl groups is 1. The largest absolute Gasteiger partial charge is 0.388 e. The van der Waals surface area contributed by atoms with E-state index >= 15 is 0 Å². The molecule has 2 fully saturated rings. The molecule has 1 N–H and O–H groups in total. The Morgan fingerprint density at radius 2 is 2.25 bits per heavy atom. The molecule has 0 radical (unpaired) electrons. The Balaban J connectivity index is 1.69. The van der Waals surface area contributed by atoms with Crippen molar-refractivity contribution in [1.82, 2.24) is 4.90 Å². The molecule has 0 amide bonds. The maximum Gasteiger partial charge on any atom is 0.0991 e. The summed E-state index contributed by atoms with van der Waals surface area (Å²) < 4.78 is 0. The van der Waals surface area contributed by atoms with E-state index in [0.717, 1.165) is 25.2 Å². The van der Waals surface area contributed by atoms with Crippen molar-refractivity contribution in [1.29, 1.82) is 5.26 Å². The lowest BCUT2D eigenvalue weighted by Gasteiger charge is -2.41. The van der Waals surface area contributed by atoms with Crippen LogP contribution < -0.4 is 0 Å². The second kappa shape index (κ2) is 5.20. The summed E-state index contributed by atoms with van der Waals surface area (Å²) in [5.74, 6) is 0.833. The van der Waals surface area contributed by atoms with Gasteiger partial charge in [-0.1, -0.05) is 25.5 Å². The number of hydrogen-bond acceptors (Lipinski definition) is 3. The van der Waals surface area contributed by atoms with Crippen molar-refractivity contribution in [3.05, 3.63) is 35.4 Å².